The van der Waals surface area contributed by atoms with Gasteiger partial charge in [-0.2, -0.15) is 0 Å². The van der Waals surface area contributed by atoms with Crippen LogP contribution in [0.5, 0.6) is 0 Å². The summed E-state index contributed by atoms with van der Waals surface area (Å²) in [6.45, 7) is 2.64. The summed E-state index contributed by atoms with van der Waals surface area (Å²) in [4.78, 5) is 23.1. The molecule has 0 heterocycles. The van der Waals surface area contributed by atoms with Gasteiger partial charge in [-0.1, -0.05) is 6.92 Å². The molecule has 1 aliphatic rings. The highest BCUT2D eigenvalue weighted by molar-refractivity contribution is 5.85. The van der Waals surface area contributed by atoms with Crippen LogP contribution < -0.4 is 5.32 Å². The van der Waals surface area contributed by atoms with Crippen molar-refractivity contribution in [2.75, 3.05) is 13.2 Å². The zero-order valence-corrected chi connectivity index (χ0v) is 10.7. The fraction of sp³-hybridized carbons (Fsp3) is 0.833. The number of aliphatic hydroxyl groups is 2. The monoisotopic (exact) mass is 259 g/mol. The van der Waals surface area contributed by atoms with Crippen LogP contribution in [0.15, 0.2) is 0 Å². The van der Waals surface area contributed by atoms with Gasteiger partial charge in [-0.25, -0.2) is 0 Å². The summed E-state index contributed by atoms with van der Waals surface area (Å²) in [7, 11) is 0. The zero-order chi connectivity index (χ0) is 13.9. The summed E-state index contributed by atoms with van der Waals surface area (Å²) in [5.74, 6) is -2.44. The minimum absolute atomic E-state index is 0.191. The predicted octanol–water partition coefficient (Wildman–Crippen LogP) is -0.407. The number of rotatable bonds is 5. The lowest BCUT2D eigenvalue weighted by atomic mass is 9.93. The minimum atomic E-state index is -1.11. The van der Waals surface area contributed by atoms with E-state index in [0.29, 0.717) is 12.8 Å². The summed E-state index contributed by atoms with van der Waals surface area (Å²) >= 11 is 0. The van der Waals surface area contributed by atoms with Crippen molar-refractivity contribution in [2.24, 2.45) is 17.8 Å². The maximum absolute atomic E-state index is 12.0. The van der Waals surface area contributed by atoms with Crippen molar-refractivity contribution in [1.29, 1.82) is 0 Å². The zero-order valence-electron chi connectivity index (χ0n) is 10.7. The van der Waals surface area contributed by atoms with E-state index < -0.39 is 42.5 Å². The van der Waals surface area contributed by atoms with Gasteiger partial charge in [0, 0.05) is 0 Å². The number of carbonyl (C=O) groups excluding carboxylic acids is 1. The molecule has 1 fully saturated rings. The predicted molar refractivity (Wildman–Crippen MR) is 63.7 cm³/mol. The van der Waals surface area contributed by atoms with E-state index in [1.807, 2.05) is 6.92 Å². The molecule has 1 aliphatic carbocycles. The smallest absolute Gasteiger partial charge is 0.307 e. The van der Waals surface area contributed by atoms with Crippen LogP contribution in [0.3, 0.4) is 0 Å². The number of nitrogens with one attached hydrogen (secondary N) is 1. The van der Waals surface area contributed by atoms with E-state index >= 15 is 0 Å². The number of hydrogen-bond acceptors (Lipinski definition) is 4. The quantitative estimate of drug-likeness (QED) is 0.537. The molecule has 0 saturated heterocycles. The molecular formula is C12H21NO5. The molecule has 18 heavy (non-hydrogen) atoms. The number of carbonyl (C=O) groups is 2. The highest BCUT2D eigenvalue weighted by Gasteiger charge is 2.42. The van der Waals surface area contributed by atoms with Crippen molar-refractivity contribution in [3.63, 3.8) is 0 Å². The molecule has 0 bridgehead atoms. The second-order valence-corrected chi connectivity index (χ2v) is 5.49. The van der Waals surface area contributed by atoms with Gasteiger partial charge < -0.3 is 20.6 Å². The molecule has 3 unspecified atom stereocenters. The number of amides is 1. The lowest BCUT2D eigenvalue weighted by molar-refractivity contribution is -0.146. The van der Waals surface area contributed by atoms with Gasteiger partial charge >= 0.3 is 5.97 Å². The number of hydrogen-bond donors (Lipinski definition) is 4. The molecule has 0 aromatic rings. The third-order valence-electron chi connectivity index (χ3n) is 3.58. The van der Waals surface area contributed by atoms with Crippen LogP contribution in [-0.4, -0.2) is 45.9 Å². The number of aliphatic hydroxyl groups excluding tert-OH is 2. The Labute approximate surface area is 106 Å². The summed E-state index contributed by atoms with van der Waals surface area (Å²) in [5.41, 5.74) is -1.11. The van der Waals surface area contributed by atoms with Gasteiger partial charge in [-0.3, -0.25) is 9.59 Å². The number of carboxylic acids is 1. The van der Waals surface area contributed by atoms with Crippen LogP contribution in [0.25, 0.3) is 0 Å². The van der Waals surface area contributed by atoms with Crippen LogP contribution >= 0.6 is 0 Å². The maximum Gasteiger partial charge on any atom is 0.307 e. The first-order chi connectivity index (χ1) is 8.33. The number of aliphatic carboxylic acids is 1. The van der Waals surface area contributed by atoms with E-state index in [1.165, 1.54) is 6.92 Å². The minimum Gasteiger partial charge on any atom is -0.481 e. The SMILES string of the molecule is CC1CC(C(=O)O)C(C(=O)NC(C)(CO)CO)C1. The second-order valence-electron chi connectivity index (χ2n) is 5.49. The Bertz CT molecular complexity index is 326. The Morgan fingerprint density at radius 3 is 2.17 bits per heavy atom. The molecule has 4 N–H and O–H groups in total. The maximum atomic E-state index is 12.0. The molecule has 0 radical (unpaired) electrons. The Morgan fingerprint density at radius 1 is 1.22 bits per heavy atom. The molecule has 104 valence electrons. The van der Waals surface area contributed by atoms with Gasteiger partial charge in [0.2, 0.25) is 5.91 Å². The van der Waals surface area contributed by atoms with E-state index in [-0.39, 0.29) is 5.92 Å². The highest BCUT2D eigenvalue weighted by atomic mass is 16.4. The fourth-order valence-electron chi connectivity index (χ4n) is 2.37. The summed E-state index contributed by atoms with van der Waals surface area (Å²) < 4.78 is 0. The summed E-state index contributed by atoms with van der Waals surface area (Å²) in [6.07, 6.45) is 1.01. The Morgan fingerprint density at radius 2 is 1.72 bits per heavy atom. The van der Waals surface area contributed by atoms with Crippen LogP contribution in [0.1, 0.15) is 26.7 Å². The van der Waals surface area contributed by atoms with Crippen LogP contribution in [0.4, 0.5) is 0 Å². The molecule has 6 nitrogen and oxygen atoms in total. The average Bonchev–Trinajstić information content (AvgIpc) is 2.71. The average molecular weight is 259 g/mol. The van der Waals surface area contributed by atoms with Gasteiger partial charge in [0.05, 0.1) is 30.6 Å². The van der Waals surface area contributed by atoms with Gasteiger partial charge in [-0.05, 0) is 25.7 Å². The van der Waals surface area contributed by atoms with E-state index in [1.54, 1.807) is 0 Å². The molecule has 0 aromatic heterocycles. The molecule has 3 atom stereocenters. The first-order valence-electron chi connectivity index (χ1n) is 6.09. The van der Waals surface area contributed by atoms with Crippen molar-refractivity contribution in [2.45, 2.75) is 32.2 Å². The lowest BCUT2D eigenvalue weighted by Gasteiger charge is -2.28. The molecule has 1 amide bonds. The summed E-state index contributed by atoms with van der Waals surface area (Å²) in [5, 5.41) is 29.8. The standard InChI is InChI=1S/C12H21NO5/c1-7-3-8(9(4-7)11(17)18)10(16)13-12(2,5-14)6-15/h7-9,14-15H,3-6H2,1-2H3,(H,13,16)(H,17,18). The highest BCUT2D eigenvalue weighted by Crippen LogP contribution is 2.36. The van der Waals surface area contributed by atoms with Crippen molar-refractivity contribution in [3.8, 4) is 0 Å². The number of carboxylic acid groups (broad SMARTS) is 1. The Hall–Kier alpha value is -1.14. The molecule has 0 aliphatic heterocycles. The lowest BCUT2D eigenvalue weighted by Crippen LogP contribution is -2.54. The van der Waals surface area contributed by atoms with E-state index in [0.717, 1.165) is 0 Å². The topological polar surface area (TPSA) is 107 Å². The third kappa shape index (κ3) is 3.20. The van der Waals surface area contributed by atoms with Gasteiger partial charge in [-0.15, -0.1) is 0 Å². The molecule has 0 spiro atoms. The normalized spacial score (nSPS) is 28.1. The summed E-state index contributed by atoms with van der Waals surface area (Å²) in [6, 6.07) is 0. The second kappa shape index (κ2) is 5.67. The molecule has 6 heteroatoms. The van der Waals surface area contributed by atoms with Crippen LogP contribution in [-0.2, 0) is 9.59 Å². The van der Waals surface area contributed by atoms with Crippen LogP contribution in [0, 0.1) is 17.8 Å². The van der Waals surface area contributed by atoms with Crippen molar-refractivity contribution < 1.29 is 24.9 Å². The molecule has 1 saturated carbocycles. The Kier molecular flexibility index (Phi) is 4.70. The largest absolute Gasteiger partial charge is 0.481 e. The van der Waals surface area contributed by atoms with E-state index in [4.69, 9.17) is 15.3 Å². The van der Waals surface area contributed by atoms with Gasteiger partial charge in [0.1, 0.15) is 0 Å². The molecule has 0 aromatic carbocycles. The first kappa shape index (κ1) is 14.9. The molecule has 1 rings (SSSR count). The first-order valence-corrected chi connectivity index (χ1v) is 6.09. The molecular weight excluding hydrogens is 238 g/mol. The van der Waals surface area contributed by atoms with E-state index in [9.17, 15) is 9.59 Å². The third-order valence-corrected chi connectivity index (χ3v) is 3.58. The van der Waals surface area contributed by atoms with Crippen molar-refractivity contribution in [1.82, 2.24) is 5.32 Å². The fourth-order valence-corrected chi connectivity index (χ4v) is 2.37. The van der Waals surface area contributed by atoms with Gasteiger partial charge in [0.15, 0.2) is 0 Å². The van der Waals surface area contributed by atoms with Crippen molar-refractivity contribution in [3.05, 3.63) is 0 Å². The van der Waals surface area contributed by atoms with Gasteiger partial charge in [0.25, 0.3) is 0 Å². The van der Waals surface area contributed by atoms with Crippen LogP contribution in [0.2, 0.25) is 0 Å². The van der Waals surface area contributed by atoms with Crippen molar-refractivity contribution >= 4 is 11.9 Å². The van der Waals surface area contributed by atoms with E-state index in [2.05, 4.69) is 5.32 Å². The Balaban J connectivity index is 2.74.